The standard InChI is InChI=1S/C8H13N3/c1-2-8(11-9)7-3-5-10-6-4-7/h3-6,8,11H,2,9H2,1H3. The molecular formula is C8H13N3. The molecule has 0 saturated carbocycles. The highest BCUT2D eigenvalue weighted by Gasteiger charge is 2.04. The van der Waals surface area contributed by atoms with Gasteiger partial charge in [0.1, 0.15) is 0 Å². The molecule has 0 spiro atoms. The van der Waals surface area contributed by atoms with Crippen LogP contribution in [-0.4, -0.2) is 4.98 Å². The molecule has 1 heterocycles. The van der Waals surface area contributed by atoms with Crippen LogP contribution in [0, 0.1) is 0 Å². The molecule has 0 saturated heterocycles. The number of hydrogen-bond acceptors (Lipinski definition) is 3. The second-order valence-electron chi connectivity index (χ2n) is 2.41. The number of hydrazine groups is 1. The molecule has 1 atom stereocenters. The maximum Gasteiger partial charge on any atom is 0.0458 e. The van der Waals surface area contributed by atoms with Crippen LogP contribution in [-0.2, 0) is 0 Å². The van der Waals surface area contributed by atoms with Gasteiger partial charge in [0.2, 0.25) is 0 Å². The summed E-state index contributed by atoms with van der Waals surface area (Å²) < 4.78 is 0. The van der Waals surface area contributed by atoms with Gasteiger partial charge >= 0.3 is 0 Å². The third-order valence-corrected chi connectivity index (χ3v) is 1.72. The van der Waals surface area contributed by atoms with Gasteiger partial charge in [-0.3, -0.25) is 16.3 Å². The first kappa shape index (κ1) is 8.17. The van der Waals surface area contributed by atoms with Crippen LogP contribution in [0.5, 0.6) is 0 Å². The Morgan fingerprint density at radius 3 is 2.64 bits per heavy atom. The average Bonchev–Trinajstić information content (AvgIpc) is 2.09. The van der Waals surface area contributed by atoms with Gasteiger partial charge < -0.3 is 0 Å². The normalized spacial score (nSPS) is 12.9. The summed E-state index contributed by atoms with van der Waals surface area (Å²) in [6, 6.07) is 4.18. The Labute approximate surface area is 66.6 Å². The van der Waals surface area contributed by atoms with Crippen LogP contribution in [0.1, 0.15) is 24.9 Å². The van der Waals surface area contributed by atoms with Crippen molar-refractivity contribution in [2.45, 2.75) is 19.4 Å². The summed E-state index contributed by atoms with van der Waals surface area (Å²) in [4.78, 5) is 3.93. The number of pyridine rings is 1. The minimum absolute atomic E-state index is 0.248. The quantitative estimate of drug-likeness (QED) is 0.500. The molecule has 0 aliphatic rings. The van der Waals surface area contributed by atoms with E-state index in [-0.39, 0.29) is 6.04 Å². The summed E-state index contributed by atoms with van der Waals surface area (Å²) in [5.41, 5.74) is 3.93. The van der Waals surface area contributed by atoms with E-state index in [0.29, 0.717) is 0 Å². The molecule has 1 aromatic heterocycles. The molecule has 1 rings (SSSR count). The van der Waals surface area contributed by atoms with Crippen molar-refractivity contribution < 1.29 is 0 Å². The Morgan fingerprint density at radius 1 is 1.55 bits per heavy atom. The van der Waals surface area contributed by atoms with Crippen molar-refractivity contribution >= 4 is 0 Å². The number of nitrogens with one attached hydrogen (secondary N) is 1. The summed E-state index contributed by atoms with van der Waals surface area (Å²) in [6.07, 6.45) is 4.53. The molecule has 60 valence electrons. The van der Waals surface area contributed by atoms with Crippen LogP contribution in [0.15, 0.2) is 24.5 Å². The van der Waals surface area contributed by atoms with Crippen LogP contribution >= 0.6 is 0 Å². The minimum atomic E-state index is 0.248. The van der Waals surface area contributed by atoms with Crippen LogP contribution in [0.25, 0.3) is 0 Å². The van der Waals surface area contributed by atoms with E-state index in [1.807, 2.05) is 12.1 Å². The topological polar surface area (TPSA) is 50.9 Å². The fraction of sp³-hybridized carbons (Fsp3) is 0.375. The van der Waals surface area contributed by atoms with Crippen molar-refractivity contribution in [3.05, 3.63) is 30.1 Å². The molecule has 3 N–H and O–H groups in total. The van der Waals surface area contributed by atoms with E-state index < -0.39 is 0 Å². The highest BCUT2D eigenvalue weighted by Crippen LogP contribution is 2.12. The van der Waals surface area contributed by atoms with E-state index >= 15 is 0 Å². The fourth-order valence-corrected chi connectivity index (χ4v) is 1.05. The second kappa shape index (κ2) is 4.05. The molecule has 1 aromatic rings. The third-order valence-electron chi connectivity index (χ3n) is 1.72. The zero-order valence-corrected chi connectivity index (χ0v) is 6.62. The summed E-state index contributed by atoms with van der Waals surface area (Å²) in [7, 11) is 0. The Kier molecular flexibility index (Phi) is 3.01. The largest absolute Gasteiger partial charge is 0.271 e. The lowest BCUT2D eigenvalue weighted by Gasteiger charge is -2.12. The third kappa shape index (κ3) is 2.00. The molecule has 0 bridgehead atoms. The monoisotopic (exact) mass is 151 g/mol. The number of hydrogen-bond donors (Lipinski definition) is 2. The smallest absolute Gasteiger partial charge is 0.0458 e. The average molecular weight is 151 g/mol. The van der Waals surface area contributed by atoms with Crippen molar-refractivity contribution in [3.63, 3.8) is 0 Å². The molecule has 0 aliphatic heterocycles. The number of aromatic nitrogens is 1. The summed E-state index contributed by atoms with van der Waals surface area (Å²) >= 11 is 0. The molecule has 0 aliphatic carbocycles. The number of nitrogens with two attached hydrogens (primary N) is 1. The molecule has 3 nitrogen and oxygen atoms in total. The van der Waals surface area contributed by atoms with Gasteiger partial charge in [0.05, 0.1) is 0 Å². The van der Waals surface area contributed by atoms with Crippen molar-refractivity contribution in [1.29, 1.82) is 0 Å². The van der Waals surface area contributed by atoms with E-state index in [0.717, 1.165) is 6.42 Å². The summed E-state index contributed by atoms with van der Waals surface area (Å²) in [5, 5.41) is 0. The zero-order valence-electron chi connectivity index (χ0n) is 6.62. The Balaban J connectivity index is 2.74. The van der Waals surface area contributed by atoms with Gasteiger partial charge in [0, 0.05) is 18.4 Å². The highest BCUT2D eigenvalue weighted by atomic mass is 15.2. The first-order valence-corrected chi connectivity index (χ1v) is 3.74. The molecule has 1 unspecified atom stereocenters. The van der Waals surface area contributed by atoms with Gasteiger partial charge in [-0.05, 0) is 24.1 Å². The van der Waals surface area contributed by atoms with Crippen LogP contribution < -0.4 is 11.3 Å². The first-order chi connectivity index (χ1) is 5.38. The molecule has 3 heteroatoms. The predicted molar refractivity (Wildman–Crippen MR) is 44.6 cm³/mol. The van der Waals surface area contributed by atoms with Gasteiger partial charge in [-0.2, -0.15) is 0 Å². The molecular weight excluding hydrogens is 138 g/mol. The van der Waals surface area contributed by atoms with Crippen molar-refractivity contribution in [2.24, 2.45) is 5.84 Å². The lowest BCUT2D eigenvalue weighted by molar-refractivity contribution is 0.538. The van der Waals surface area contributed by atoms with Gasteiger partial charge in [0.15, 0.2) is 0 Å². The van der Waals surface area contributed by atoms with Crippen LogP contribution in [0.3, 0.4) is 0 Å². The van der Waals surface area contributed by atoms with Gasteiger partial charge in [-0.15, -0.1) is 0 Å². The van der Waals surface area contributed by atoms with Crippen LogP contribution in [0.2, 0.25) is 0 Å². The molecule has 0 fully saturated rings. The second-order valence-corrected chi connectivity index (χ2v) is 2.41. The van der Waals surface area contributed by atoms with Gasteiger partial charge in [-0.1, -0.05) is 6.92 Å². The lowest BCUT2D eigenvalue weighted by Crippen LogP contribution is -2.27. The SMILES string of the molecule is CCC(NN)c1ccncc1. The number of nitrogens with zero attached hydrogens (tertiary/aromatic N) is 1. The Morgan fingerprint density at radius 2 is 2.18 bits per heavy atom. The molecule has 0 aromatic carbocycles. The maximum absolute atomic E-state index is 5.34. The van der Waals surface area contributed by atoms with Crippen LogP contribution in [0.4, 0.5) is 0 Å². The Hall–Kier alpha value is -0.930. The van der Waals surface area contributed by atoms with E-state index in [4.69, 9.17) is 5.84 Å². The fourth-order valence-electron chi connectivity index (χ4n) is 1.05. The highest BCUT2D eigenvalue weighted by molar-refractivity contribution is 5.14. The zero-order chi connectivity index (χ0) is 8.10. The Bertz CT molecular complexity index is 194. The van der Waals surface area contributed by atoms with E-state index in [1.165, 1.54) is 5.56 Å². The predicted octanol–water partition coefficient (Wildman–Crippen LogP) is 0.996. The van der Waals surface area contributed by atoms with Crippen molar-refractivity contribution in [3.8, 4) is 0 Å². The maximum atomic E-state index is 5.34. The summed E-state index contributed by atoms with van der Waals surface area (Å²) in [5.74, 6) is 5.34. The number of rotatable bonds is 3. The molecule has 0 radical (unpaired) electrons. The first-order valence-electron chi connectivity index (χ1n) is 3.74. The van der Waals surface area contributed by atoms with Gasteiger partial charge in [0.25, 0.3) is 0 Å². The van der Waals surface area contributed by atoms with E-state index in [2.05, 4.69) is 17.3 Å². The molecule has 0 amide bonds. The lowest BCUT2D eigenvalue weighted by atomic mass is 10.1. The minimum Gasteiger partial charge on any atom is -0.271 e. The summed E-state index contributed by atoms with van der Waals surface area (Å²) in [6.45, 7) is 2.09. The van der Waals surface area contributed by atoms with E-state index in [9.17, 15) is 0 Å². The van der Waals surface area contributed by atoms with E-state index in [1.54, 1.807) is 12.4 Å². The van der Waals surface area contributed by atoms with Gasteiger partial charge in [-0.25, -0.2) is 0 Å². The molecule has 11 heavy (non-hydrogen) atoms. The van der Waals surface area contributed by atoms with Crippen molar-refractivity contribution in [1.82, 2.24) is 10.4 Å². The van der Waals surface area contributed by atoms with Crippen molar-refractivity contribution in [2.75, 3.05) is 0 Å².